The van der Waals surface area contributed by atoms with Crippen molar-refractivity contribution in [2.24, 2.45) is 0 Å². The Morgan fingerprint density at radius 2 is 1.07 bits per heavy atom. The van der Waals surface area contributed by atoms with Crippen molar-refractivity contribution in [1.29, 1.82) is 0 Å². The first kappa shape index (κ1) is 15.8. The zero-order chi connectivity index (χ0) is 19.7. The molecule has 1 N–H and O–H groups in total. The summed E-state index contributed by atoms with van der Waals surface area (Å²) in [6.45, 7) is 0. The number of aromatic nitrogens is 2. The molecule has 2 heterocycles. The number of nitrogens with zero attached hydrogens (tertiary/aromatic N) is 1. The second kappa shape index (κ2) is 5.74. The summed E-state index contributed by atoms with van der Waals surface area (Å²) in [5.41, 5.74) is 6.02. The van der Waals surface area contributed by atoms with Crippen LogP contribution in [0.2, 0.25) is 0 Å². The maximum Gasteiger partial charge on any atom is 0.0541 e. The van der Waals surface area contributed by atoms with Crippen LogP contribution in [0.4, 0.5) is 0 Å². The van der Waals surface area contributed by atoms with E-state index in [1.54, 1.807) is 0 Å². The van der Waals surface area contributed by atoms with Crippen LogP contribution in [0.25, 0.3) is 60.1 Å². The molecule has 0 radical (unpaired) electrons. The van der Waals surface area contributed by atoms with E-state index in [2.05, 4.69) is 113 Å². The summed E-state index contributed by atoms with van der Waals surface area (Å²) in [6.07, 6.45) is 0. The molecule has 0 aliphatic carbocycles. The van der Waals surface area contributed by atoms with Gasteiger partial charge in [0.05, 0.1) is 11.0 Å². The molecule has 140 valence electrons. The molecule has 0 saturated heterocycles. The minimum absolute atomic E-state index is 1.17. The Morgan fingerprint density at radius 1 is 0.467 bits per heavy atom. The number of aromatic amines is 1. The first-order valence-corrected chi connectivity index (χ1v) is 10.3. The third kappa shape index (κ3) is 2.08. The van der Waals surface area contributed by atoms with Crippen LogP contribution in [0.15, 0.2) is 103 Å². The molecule has 30 heavy (non-hydrogen) atoms. The van der Waals surface area contributed by atoms with E-state index in [0.717, 1.165) is 0 Å². The molecule has 0 spiro atoms. The minimum Gasteiger partial charge on any atom is -0.354 e. The molecule has 5 aromatic carbocycles. The maximum absolute atomic E-state index is 3.61. The van der Waals surface area contributed by atoms with Gasteiger partial charge in [0.2, 0.25) is 0 Å². The lowest BCUT2D eigenvalue weighted by molar-refractivity contribution is 1.19. The highest BCUT2D eigenvalue weighted by Gasteiger charge is 2.13. The van der Waals surface area contributed by atoms with Gasteiger partial charge in [0, 0.05) is 38.3 Å². The summed E-state index contributed by atoms with van der Waals surface area (Å²) >= 11 is 0. The van der Waals surface area contributed by atoms with Gasteiger partial charge in [-0.05, 0) is 53.2 Å². The summed E-state index contributed by atoms with van der Waals surface area (Å²) in [5, 5.41) is 7.64. The van der Waals surface area contributed by atoms with Gasteiger partial charge in [0.1, 0.15) is 0 Å². The fourth-order valence-corrected chi connectivity index (χ4v) is 4.92. The van der Waals surface area contributed by atoms with Crippen LogP contribution in [0.1, 0.15) is 0 Å². The topological polar surface area (TPSA) is 20.7 Å². The number of fused-ring (bicyclic) bond motifs is 7. The second-order valence-electron chi connectivity index (χ2n) is 7.97. The first-order chi connectivity index (χ1) is 14.9. The normalized spacial score (nSPS) is 12.0. The molecule has 2 aromatic heterocycles. The molecule has 2 heteroatoms. The van der Waals surface area contributed by atoms with Gasteiger partial charge in [-0.1, -0.05) is 60.7 Å². The van der Waals surface area contributed by atoms with Crippen molar-refractivity contribution in [3.63, 3.8) is 0 Å². The first-order valence-electron chi connectivity index (χ1n) is 10.3. The maximum atomic E-state index is 3.61. The van der Waals surface area contributed by atoms with Crippen LogP contribution in [-0.2, 0) is 0 Å². The van der Waals surface area contributed by atoms with E-state index in [0.29, 0.717) is 0 Å². The quantitative estimate of drug-likeness (QED) is 0.302. The van der Waals surface area contributed by atoms with E-state index < -0.39 is 0 Å². The smallest absolute Gasteiger partial charge is 0.0541 e. The van der Waals surface area contributed by atoms with Crippen molar-refractivity contribution in [2.45, 2.75) is 0 Å². The van der Waals surface area contributed by atoms with E-state index >= 15 is 0 Å². The minimum atomic E-state index is 1.17. The van der Waals surface area contributed by atoms with Crippen LogP contribution in [0.5, 0.6) is 0 Å². The highest BCUT2D eigenvalue weighted by Crippen LogP contribution is 2.35. The fourth-order valence-electron chi connectivity index (χ4n) is 4.92. The van der Waals surface area contributed by atoms with E-state index in [4.69, 9.17) is 0 Å². The van der Waals surface area contributed by atoms with Gasteiger partial charge >= 0.3 is 0 Å². The third-order valence-electron chi connectivity index (χ3n) is 6.29. The number of H-pyrrole nitrogens is 1. The standard InChI is InChI=1S/C28H18N2/c1-2-8-19-16-26-23(15-18(19)7-1)24-17-20(13-14-25(24)29-26)30-27-11-5-3-9-21(27)22-10-4-6-12-28(22)30/h1-17,29H. The van der Waals surface area contributed by atoms with Crippen molar-refractivity contribution in [3.05, 3.63) is 103 Å². The van der Waals surface area contributed by atoms with Crippen LogP contribution in [-0.4, -0.2) is 9.55 Å². The van der Waals surface area contributed by atoms with Gasteiger partial charge in [0.25, 0.3) is 0 Å². The highest BCUT2D eigenvalue weighted by molar-refractivity contribution is 6.13. The molecule has 0 saturated carbocycles. The zero-order valence-electron chi connectivity index (χ0n) is 16.3. The van der Waals surface area contributed by atoms with E-state index in [1.165, 1.54) is 60.1 Å². The van der Waals surface area contributed by atoms with E-state index in [-0.39, 0.29) is 0 Å². The molecule has 7 aromatic rings. The molecule has 0 amide bonds. The number of nitrogens with one attached hydrogen (secondary N) is 1. The number of benzene rings is 5. The van der Waals surface area contributed by atoms with Crippen molar-refractivity contribution in [2.75, 3.05) is 0 Å². The Kier molecular flexibility index (Phi) is 3.03. The van der Waals surface area contributed by atoms with Crippen LogP contribution >= 0.6 is 0 Å². The van der Waals surface area contributed by atoms with Gasteiger partial charge < -0.3 is 9.55 Å². The molecule has 2 nitrogen and oxygen atoms in total. The lowest BCUT2D eigenvalue weighted by Crippen LogP contribution is -1.93. The van der Waals surface area contributed by atoms with Crippen molar-refractivity contribution in [1.82, 2.24) is 9.55 Å². The average Bonchev–Trinajstić information content (AvgIpc) is 3.32. The monoisotopic (exact) mass is 382 g/mol. The summed E-state index contributed by atoms with van der Waals surface area (Å²) in [6, 6.07) is 37.2. The lowest BCUT2D eigenvalue weighted by Gasteiger charge is -2.08. The highest BCUT2D eigenvalue weighted by atomic mass is 15.0. The third-order valence-corrected chi connectivity index (χ3v) is 6.29. The van der Waals surface area contributed by atoms with Gasteiger partial charge in [-0.3, -0.25) is 0 Å². The van der Waals surface area contributed by atoms with Crippen LogP contribution in [0, 0.1) is 0 Å². The molecule has 0 atom stereocenters. The molecule has 0 fully saturated rings. The summed E-state index contributed by atoms with van der Waals surface area (Å²) < 4.78 is 2.38. The predicted molar refractivity (Wildman–Crippen MR) is 128 cm³/mol. The van der Waals surface area contributed by atoms with E-state index in [9.17, 15) is 0 Å². The molecule has 0 unspecified atom stereocenters. The summed E-state index contributed by atoms with van der Waals surface area (Å²) in [7, 11) is 0. The van der Waals surface area contributed by atoms with Gasteiger partial charge in [-0.15, -0.1) is 0 Å². The number of hydrogen-bond acceptors (Lipinski definition) is 0. The van der Waals surface area contributed by atoms with Gasteiger partial charge in [-0.25, -0.2) is 0 Å². The Bertz CT molecular complexity index is 1690. The zero-order valence-corrected chi connectivity index (χ0v) is 16.3. The van der Waals surface area contributed by atoms with Gasteiger partial charge in [-0.2, -0.15) is 0 Å². The van der Waals surface area contributed by atoms with Crippen LogP contribution < -0.4 is 0 Å². The fraction of sp³-hybridized carbons (Fsp3) is 0. The molecular weight excluding hydrogens is 364 g/mol. The molecule has 0 aliphatic rings. The predicted octanol–water partition coefficient (Wildman–Crippen LogP) is 7.57. The number of rotatable bonds is 1. The molecule has 0 aliphatic heterocycles. The lowest BCUT2D eigenvalue weighted by atomic mass is 10.1. The van der Waals surface area contributed by atoms with Crippen molar-refractivity contribution >= 4 is 54.4 Å². The van der Waals surface area contributed by atoms with Gasteiger partial charge in [0.15, 0.2) is 0 Å². The average molecular weight is 382 g/mol. The number of hydrogen-bond donors (Lipinski definition) is 1. The van der Waals surface area contributed by atoms with Crippen molar-refractivity contribution in [3.8, 4) is 5.69 Å². The molecular formula is C28H18N2. The largest absolute Gasteiger partial charge is 0.354 e. The Balaban J connectivity index is 1.59. The summed E-state index contributed by atoms with van der Waals surface area (Å²) in [5.74, 6) is 0. The molecule has 7 rings (SSSR count). The summed E-state index contributed by atoms with van der Waals surface area (Å²) in [4.78, 5) is 3.61. The van der Waals surface area contributed by atoms with Crippen LogP contribution in [0.3, 0.4) is 0 Å². The van der Waals surface area contributed by atoms with Crippen molar-refractivity contribution < 1.29 is 0 Å². The Labute approximate surface area is 173 Å². The number of para-hydroxylation sites is 2. The Hall–Kier alpha value is -4.04. The van der Waals surface area contributed by atoms with E-state index in [1.807, 2.05) is 0 Å². The molecule has 0 bridgehead atoms. The Morgan fingerprint density at radius 3 is 1.80 bits per heavy atom. The second-order valence-corrected chi connectivity index (χ2v) is 7.97. The SMILES string of the molecule is c1ccc2cc3c(cc2c1)[nH]c1ccc(-n2c4ccccc4c4ccccc42)cc13.